The zero-order valence-electron chi connectivity index (χ0n) is 16.9. The molecule has 1 N–H and O–H groups in total. The molecule has 0 aromatic heterocycles. The van der Waals surface area contributed by atoms with Crippen LogP contribution < -0.4 is 24.4 Å². The average Bonchev–Trinajstić information content (AvgIpc) is 3.14. The lowest BCUT2D eigenvalue weighted by Crippen LogP contribution is -2.32. The maximum atomic E-state index is 12.7. The Balaban J connectivity index is 1.70. The van der Waals surface area contributed by atoms with Gasteiger partial charge in [-0.1, -0.05) is 15.9 Å². The minimum Gasteiger partial charge on any atom is -0.497 e. The van der Waals surface area contributed by atoms with Gasteiger partial charge in [-0.3, -0.25) is 9.59 Å². The molecule has 10 heteroatoms. The summed E-state index contributed by atoms with van der Waals surface area (Å²) in [5.41, 5.74) is 0.903. The highest BCUT2D eigenvalue weighted by Crippen LogP contribution is 2.36. The first-order chi connectivity index (χ1) is 14.8. The van der Waals surface area contributed by atoms with Crippen molar-refractivity contribution in [1.82, 2.24) is 5.32 Å². The minimum atomic E-state index is -2.98. The Kier molecular flexibility index (Phi) is 7.32. The van der Waals surface area contributed by atoms with Gasteiger partial charge in [0, 0.05) is 35.6 Å². The highest BCUT2D eigenvalue weighted by Gasteiger charge is 2.36. The lowest BCUT2D eigenvalue weighted by molar-refractivity contribution is -0.126. The Morgan fingerprint density at radius 3 is 2.61 bits per heavy atom. The predicted molar refractivity (Wildman–Crippen MR) is 113 cm³/mol. The van der Waals surface area contributed by atoms with Crippen LogP contribution in [0.4, 0.5) is 14.5 Å². The van der Waals surface area contributed by atoms with Crippen molar-refractivity contribution in [3.05, 3.63) is 46.4 Å². The van der Waals surface area contributed by atoms with Gasteiger partial charge < -0.3 is 24.4 Å². The first-order valence-electron chi connectivity index (χ1n) is 9.35. The molecule has 1 aliphatic rings. The van der Waals surface area contributed by atoms with Gasteiger partial charge in [0.05, 0.1) is 25.8 Å². The van der Waals surface area contributed by atoms with Crippen molar-refractivity contribution in [1.29, 1.82) is 0 Å². The Hall–Kier alpha value is -2.88. The third kappa shape index (κ3) is 5.43. The zero-order chi connectivity index (χ0) is 22.5. The molecule has 0 radical (unpaired) electrons. The second-order valence-corrected chi connectivity index (χ2v) is 7.71. The maximum absolute atomic E-state index is 12.7. The molecule has 1 aliphatic heterocycles. The fourth-order valence-electron chi connectivity index (χ4n) is 3.35. The third-order valence-corrected chi connectivity index (χ3v) is 5.36. The van der Waals surface area contributed by atoms with Crippen LogP contribution in [0.3, 0.4) is 0 Å². The lowest BCUT2D eigenvalue weighted by Gasteiger charge is -2.20. The molecule has 2 aromatic rings. The molecule has 0 aliphatic carbocycles. The molecule has 0 spiro atoms. The number of benzene rings is 2. The third-order valence-electron chi connectivity index (χ3n) is 4.86. The number of nitrogens with zero attached hydrogens (tertiary/aromatic N) is 1. The van der Waals surface area contributed by atoms with Crippen molar-refractivity contribution >= 4 is 33.4 Å². The first-order valence-corrected chi connectivity index (χ1v) is 10.1. The molecular weight excluding hydrogens is 478 g/mol. The number of nitrogens with one attached hydrogen (secondary N) is 1. The van der Waals surface area contributed by atoms with Crippen molar-refractivity contribution in [3.8, 4) is 17.2 Å². The van der Waals surface area contributed by atoms with E-state index < -0.39 is 12.5 Å². The quantitative estimate of drug-likeness (QED) is 0.599. The molecule has 1 saturated heterocycles. The van der Waals surface area contributed by atoms with Gasteiger partial charge in [0.1, 0.15) is 17.2 Å². The number of alkyl halides is 2. The number of halogens is 3. The number of hydrogen-bond donors (Lipinski definition) is 1. The van der Waals surface area contributed by atoms with E-state index in [2.05, 4.69) is 26.0 Å². The van der Waals surface area contributed by atoms with E-state index in [-0.39, 0.29) is 37.1 Å². The van der Waals surface area contributed by atoms with Gasteiger partial charge in [-0.05, 0) is 30.3 Å². The monoisotopic (exact) mass is 498 g/mol. The van der Waals surface area contributed by atoms with Gasteiger partial charge in [0.2, 0.25) is 11.8 Å². The summed E-state index contributed by atoms with van der Waals surface area (Å²) in [5.74, 6) is -0.175. The average molecular weight is 499 g/mol. The molecule has 7 nitrogen and oxygen atoms in total. The van der Waals surface area contributed by atoms with E-state index in [9.17, 15) is 18.4 Å². The second-order valence-electron chi connectivity index (χ2n) is 6.79. The molecule has 1 unspecified atom stereocenters. The predicted octanol–water partition coefficient (Wildman–Crippen LogP) is 3.74. The van der Waals surface area contributed by atoms with Crippen LogP contribution in [0.2, 0.25) is 0 Å². The summed E-state index contributed by atoms with van der Waals surface area (Å²) in [7, 11) is 3.01. The summed E-state index contributed by atoms with van der Waals surface area (Å²) in [4.78, 5) is 26.8. The molecule has 1 heterocycles. The highest BCUT2D eigenvalue weighted by molar-refractivity contribution is 9.10. The van der Waals surface area contributed by atoms with Crippen LogP contribution in [0.15, 0.2) is 40.9 Å². The van der Waals surface area contributed by atoms with E-state index >= 15 is 0 Å². The molecular formula is C21H21BrF2N2O5. The summed E-state index contributed by atoms with van der Waals surface area (Å²) in [6.07, 6.45) is 0.0189. The molecule has 31 heavy (non-hydrogen) atoms. The van der Waals surface area contributed by atoms with Crippen LogP contribution in [0.25, 0.3) is 0 Å². The molecule has 3 rings (SSSR count). The highest BCUT2D eigenvalue weighted by atomic mass is 79.9. The summed E-state index contributed by atoms with van der Waals surface area (Å²) in [6, 6.07) is 9.63. The number of amides is 2. The van der Waals surface area contributed by atoms with Crippen LogP contribution in [0.5, 0.6) is 17.2 Å². The Bertz CT molecular complexity index is 973. The van der Waals surface area contributed by atoms with Crippen molar-refractivity contribution in [2.45, 2.75) is 19.6 Å². The Morgan fingerprint density at radius 2 is 1.94 bits per heavy atom. The molecule has 1 fully saturated rings. The van der Waals surface area contributed by atoms with Crippen LogP contribution in [0, 0.1) is 5.92 Å². The zero-order valence-corrected chi connectivity index (χ0v) is 18.4. The van der Waals surface area contributed by atoms with Crippen molar-refractivity contribution in [3.63, 3.8) is 0 Å². The van der Waals surface area contributed by atoms with Crippen LogP contribution >= 0.6 is 15.9 Å². The number of hydrogen-bond acceptors (Lipinski definition) is 5. The lowest BCUT2D eigenvalue weighted by atomic mass is 10.1. The Morgan fingerprint density at radius 1 is 1.19 bits per heavy atom. The van der Waals surface area contributed by atoms with Crippen molar-refractivity contribution < 1.29 is 32.6 Å². The van der Waals surface area contributed by atoms with E-state index in [1.54, 1.807) is 30.3 Å². The van der Waals surface area contributed by atoms with Crippen LogP contribution in [-0.2, 0) is 16.1 Å². The van der Waals surface area contributed by atoms with E-state index in [0.29, 0.717) is 27.2 Å². The number of methoxy groups -OCH3 is 2. The van der Waals surface area contributed by atoms with Crippen LogP contribution in [0.1, 0.15) is 12.0 Å². The Labute approximate surface area is 186 Å². The number of ether oxygens (including phenoxy) is 3. The van der Waals surface area contributed by atoms with Crippen molar-refractivity contribution in [2.75, 3.05) is 25.7 Å². The molecule has 2 amide bonds. The van der Waals surface area contributed by atoms with Crippen LogP contribution in [-0.4, -0.2) is 39.2 Å². The number of carbonyl (C=O) groups excluding carboxylic acids is 2. The molecule has 0 saturated carbocycles. The summed E-state index contributed by atoms with van der Waals surface area (Å²) in [6.45, 7) is -2.84. The van der Waals surface area contributed by atoms with E-state index in [4.69, 9.17) is 9.47 Å². The van der Waals surface area contributed by atoms with Gasteiger partial charge >= 0.3 is 6.61 Å². The first kappa shape index (κ1) is 22.8. The summed E-state index contributed by atoms with van der Waals surface area (Å²) in [5, 5.41) is 2.71. The standard InChI is InChI=1S/C21H21BrF2N2O5/c1-29-15-4-6-18(30-2)16(9-15)26-11-13(8-19(26)27)20(28)25-10-12-7-14(22)3-5-17(12)31-21(23)24/h3-7,9,13,21H,8,10-11H2,1-2H3,(H,25,28). The fourth-order valence-corrected chi connectivity index (χ4v) is 3.76. The number of carbonyl (C=O) groups is 2. The van der Waals surface area contributed by atoms with Gasteiger partial charge in [0.15, 0.2) is 0 Å². The summed E-state index contributed by atoms with van der Waals surface area (Å²) < 4.78 is 41.0. The SMILES string of the molecule is COc1ccc(OC)c(N2CC(C(=O)NCc3cc(Br)ccc3OC(F)F)CC2=O)c1. The minimum absolute atomic E-state index is 0.0189. The fraction of sp³-hybridized carbons (Fsp3) is 0.333. The maximum Gasteiger partial charge on any atom is 0.387 e. The molecule has 1 atom stereocenters. The van der Waals surface area contributed by atoms with Gasteiger partial charge in [0.25, 0.3) is 0 Å². The topological polar surface area (TPSA) is 77.1 Å². The van der Waals surface area contributed by atoms with Gasteiger partial charge in [-0.2, -0.15) is 8.78 Å². The van der Waals surface area contributed by atoms with E-state index in [1.165, 1.54) is 25.2 Å². The van der Waals surface area contributed by atoms with E-state index in [1.807, 2.05) is 0 Å². The van der Waals surface area contributed by atoms with Gasteiger partial charge in [-0.25, -0.2) is 0 Å². The molecule has 166 valence electrons. The number of rotatable bonds is 8. The largest absolute Gasteiger partial charge is 0.497 e. The normalized spacial score (nSPS) is 15.9. The number of anilines is 1. The summed E-state index contributed by atoms with van der Waals surface area (Å²) >= 11 is 3.27. The van der Waals surface area contributed by atoms with Crippen molar-refractivity contribution in [2.24, 2.45) is 5.92 Å². The smallest absolute Gasteiger partial charge is 0.387 e. The van der Waals surface area contributed by atoms with E-state index in [0.717, 1.165) is 0 Å². The molecule has 0 bridgehead atoms. The van der Waals surface area contributed by atoms with Gasteiger partial charge in [-0.15, -0.1) is 0 Å². The second kappa shape index (κ2) is 9.95. The molecule has 2 aromatic carbocycles.